The second kappa shape index (κ2) is 11.0. The second-order valence-electron chi connectivity index (χ2n) is 9.48. The lowest BCUT2D eigenvalue weighted by Crippen LogP contribution is -2.13. The van der Waals surface area contributed by atoms with Crippen molar-refractivity contribution in [3.05, 3.63) is 106 Å². The number of rotatable bonds is 7. The van der Waals surface area contributed by atoms with Gasteiger partial charge >= 0.3 is 6.18 Å². The first kappa shape index (κ1) is 30.1. The van der Waals surface area contributed by atoms with Crippen molar-refractivity contribution >= 4 is 27.2 Å². The normalized spacial score (nSPS) is 12.1. The molecule has 222 valence electrons. The summed E-state index contributed by atoms with van der Waals surface area (Å²) in [6, 6.07) is 12.4. The monoisotopic (exact) mass is 633 g/mol. The van der Waals surface area contributed by atoms with E-state index in [1.807, 2.05) is 0 Å². The van der Waals surface area contributed by atoms with Gasteiger partial charge in [-0.05, 0) is 66.6 Å². The fraction of sp³-hybridized carbons (Fsp3) is 0.143. The highest BCUT2D eigenvalue weighted by molar-refractivity contribution is 7.90. The van der Waals surface area contributed by atoms with E-state index in [0.717, 1.165) is 27.8 Å². The summed E-state index contributed by atoms with van der Waals surface area (Å²) in [6.45, 7) is 0.491. The first-order valence-corrected chi connectivity index (χ1v) is 14.6. The number of imidazole rings is 1. The van der Waals surface area contributed by atoms with Crippen LogP contribution in [0.2, 0.25) is 5.02 Å². The minimum atomic E-state index is -4.74. The summed E-state index contributed by atoms with van der Waals surface area (Å²) in [5.41, 5.74) is -0.950. The zero-order chi connectivity index (χ0) is 31.3. The maximum absolute atomic E-state index is 15.0. The highest BCUT2D eigenvalue weighted by Crippen LogP contribution is 2.34. The molecule has 0 unspecified atom stereocenters. The number of halogens is 5. The van der Waals surface area contributed by atoms with E-state index in [1.165, 1.54) is 61.7 Å². The number of aliphatic hydroxyl groups is 1. The molecule has 0 aliphatic heterocycles. The number of ketones is 1. The van der Waals surface area contributed by atoms with Gasteiger partial charge in [-0.15, -0.1) is 5.10 Å². The van der Waals surface area contributed by atoms with Gasteiger partial charge in [-0.25, -0.2) is 22.5 Å². The molecule has 5 rings (SSSR count). The van der Waals surface area contributed by atoms with Crippen molar-refractivity contribution in [1.82, 2.24) is 24.5 Å². The smallest absolute Gasteiger partial charge is 0.392 e. The summed E-state index contributed by atoms with van der Waals surface area (Å²) in [6.07, 6.45) is -1.92. The van der Waals surface area contributed by atoms with E-state index >= 15 is 0 Å². The maximum Gasteiger partial charge on any atom is 0.434 e. The standard InChI is InChI=1S/C28H20ClF4N5O4S/c1-15-35-26(28(31,32)33)13-37(15)22-8-5-17(18-9-21(30)20(14-39)25(11-18)43(2,41)42)10-23(22)38-24(12-34-36-38)27(40)16-3-6-19(29)7-4-16/h3-13,39H,14H2,1-2H3. The van der Waals surface area contributed by atoms with Gasteiger partial charge in [-0.2, -0.15) is 13.2 Å². The quantitative estimate of drug-likeness (QED) is 0.189. The molecule has 0 atom stereocenters. The van der Waals surface area contributed by atoms with Gasteiger partial charge in [0.25, 0.3) is 0 Å². The molecule has 2 aromatic heterocycles. The number of aryl methyl sites for hydroxylation is 1. The van der Waals surface area contributed by atoms with Crippen LogP contribution in [0.3, 0.4) is 0 Å². The first-order chi connectivity index (χ1) is 20.2. The van der Waals surface area contributed by atoms with Crippen molar-refractivity contribution in [2.45, 2.75) is 24.6 Å². The Morgan fingerprint density at radius 2 is 1.72 bits per heavy atom. The Labute approximate surface area is 246 Å². The molecule has 0 saturated carbocycles. The van der Waals surface area contributed by atoms with E-state index in [-0.39, 0.29) is 39.6 Å². The molecule has 0 bridgehead atoms. The molecule has 0 aliphatic carbocycles. The van der Waals surface area contributed by atoms with Crippen molar-refractivity contribution in [1.29, 1.82) is 0 Å². The highest BCUT2D eigenvalue weighted by Gasteiger charge is 2.35. The first-order valence-electron chi connectivity index (χ1n) is 12.3. The highest BCUT2D eigenvalue weighted by atomic mass is 35.5. The van der Waals surface area contributed by atoms with Crippen LogP contribution in [-0.4, -0.2) is 50.1 Å². The SMILES string of the molecule is Cc1nc(C(F)(F)F)cn1-c1ccc(-c2cc(F)c(CO)c(S(C)(=O)=O)c2)cc1-n1nncc1C(=O)c1ccc(Cl)cc1. The Bertz CT molecular complexity index is 1990. The van der Waals surface area contributed by atoms with Crippen molar-refractivity contribution < 1.29 is 35.9 Å². The summed E-state index contributed by atoms with van der Waals surface area (Å²) >= 11 is 5.94. The van der Waals surface area contributed by atoms with Crippen molar-refractivity contribution in [2.75, 3.05) is 6.26 Å². The van der Waals surface area contributed by atoms with Crippen LogP contribution in [0.4, 0.5) is 17.6 Å². The van der Waals surface area contributed by atoms with E-state index in [9.17, 15) is 35.9 Å². The van der Waals surface area contributed by atoms with Crippen molar-refractivity contribution in [3.8, 4) is 22.5 Å². The molecule has 0 saturated heterocycles. The van der Waals surface area contributed by atoms with Crippen molar-refractivity contribution in [2.24, 2.45) is 0 Å². The zero-order valence-corrected chi connectivity index (χ0v) is 23.8. The molecule has 43 heavy (non-hydrogen) atoms. The Hall–Kier alpha value is -4.40. The molecule has 15 heteroatoms. The number of hydrogen-bond donors (Lipinski definition) is 1. The molecule has 0 aliphatic rings. The molecule has 1 N–H and O–H groups in total. The molecule has 0 fully saturated rings. The van der Waals surface area contributed by atoms with Crippen LogP contribution >= 0.6 is 11.6 Å². The average molecular weight is 634 g/mol. The third kappa shape index (κ3) is 5.81. The fourth-order valence-electron chi connectivity index (χ4n) is 4.51. The van der Waals surface area contributed by atoms with Gasteiger partial charge in [0, 0.05) is 28.6 Å². The summed E-state index contributed by atoms with van der Waals surface area (Å²) in [5.74, 6) is -1.55. The number of benzene rings is 3. The summed E-state index contributed by atoms with van der Waals surface area (Å²) in [7, 11) is -3.97. The van der Waals surface area contributed by atoms with Crippen LogP contribution < -0.4 is 0 Å². The molecule has 3 aromatic carbocycles. The van der Waals surface area contributed by atoms with Crippen LogP contribution in [0.1, 0.15) is 33.1 Å². The van der Waals surface area contributed by atoms with E-state index < -0.39 is 50.4 Å². The molecule has 0 amide bonds. The topological polar surface area (TPSA) is 120 Å². The Morgan fingerprint density at radius 3 is 2.33 bits per heavy atom. The number of hydrogen-bond acceptors (Lipinski definition) is 7. The molecule has 0 radical (unpaired) electrons. The van der Waals surface area contributed by atoms with Crippen LogP contribution in [-0.2, 0) is 22.6 Å². The average Bonchev–Trinajstić information content (AvgIpc) is 3.59. The number of alkyl halides is 3. The largest absolute Gasteiger partial charge is 0.434 e. The van der Waals surface area contributed by atoms with Crippen LogP contribution in [0, 0.1) is 12.7 Å². The minimum Gasteiger partial charge on any atom is -0.392 e. The Kier molecular flexibility index (Phi) is 7.71. The van der Waals surface area contributed by atoms with E-state index in [4.69, 9.17) is 11.6 Å². The third-order valence-electron chi connectivity index (χ3n) is 6.57. The van der Waals surface area contributed by atoms with E-state index in [2.05, 4.69) is 15.3 Å². The number of sulfone groups is 1. The lowest BCUT2D eigenvalue weighted by Gasteiger charge is -2.16. The summed E-state index contributed by atoms with van der Waals surface area (Å²) in [4.78, 5) is 16.6. The number of carbonyl (C=O) groups is 1. The third-order valence-corrected chi connectivity index (χ3v) is 7.98. The molecule has 2 heterocycles. The van der Waals surface area contributed by atoms with Gasteiger partial charge in [0.05, 0.1) is 29.1 Å². The Morgan fingerprint density at radius 1 is 1.02 bits per heavy atom. The second-order valence-corrected chi connectivity index (χ2v) is 11.9. The lowest BCUT2D eigenvalue weighted by molar-refractivity contribution is -0.141. The van der Waals surface area contributed by atoms with Crippen LogP contribution in [0.15, 0.2) is 71.9 Å². The molecule has 9 nitrogen and oxygen atoms in total. The molecule has 0 spiro atoms. The van der Waals surface area contributed by atoms with Crippen LogP contribution in [0.5, 0.6) is 0 Å². The van der Waals surface area contributed by atoms with Crippen molar-refractivity contribution in [3.63, 3.8) is 0 Å². The number of carbonyl (C=O) groups excluding carboxylic acids is 1. The Balaban J connectivity index is 1.76. The van der Waals surface area contributed by atoms with Crippen LogP contribution in [0.25, 0.3) is 22.5 Å². The van der Waals surface area contributed by atoms with Gasteiger partial charge < -0.3 is 9.67 Å². The molecular formula is C28H20ClF4N5O4S. The van der Waals surface area contributed by atoms with Gasteiger partial charge in [0.1, 0.15) is 17.3 Å². The predicted molar refractivity (Wildman–Crippen MR) is 148 cm³/mol. The van der Waals surface area contributed by atoms with E-state index in [1.54, 1.807) is 0 Å². The minimum absolute atomic E-state index is 0.0373. The predicted octanol–water partition coefficient (Wildman–Crippen LogP) is 5.37. The molecule has 5 aromatic rings. The number of nitrogens with zero attached hydrogens (tertiary/aromatic N) is 5. The fourth-order valence-corrected chi connectivity index (χ4v) is 5.59. The summed E-state index contributed by atoms with van der Waals surface area (Å²) < 4.78 is 82.6. The van der Waals surface area contributed by atoms with Gasteiger partial charge in [-0.3, -0.25) is 4.79 Å². The van der Waals surface area contributed by atoms with E-state index in [0.29, 0.717) is 5.02 Å². The summed E-state index contributed by atoms with van der Waals surface area (Å²) in [5, 5.41) is 17.8. The number of aromatic nitrogens is 5. The van der Waals surface area contributed by atoms with Gasteiger partial charge in [0.15, 0.2) is 15.5 Å². The van der Waals surface area contributed by atoms with Gasteiger partial charge in [-0.1, -0.05) is 22.9 Å². The number of aliphatic hydroxyl groups excluding tert-OH is 1. The zero-order valence-electron chi connectivity index (χ0n) is 22.3. The molecular weight excluding hydrogens is 614 g/mol. The lowest BCUT2D eigenvalue weighted by atomic mass is 10.0. The van der Waals surface area contributed by atoms with Gasteiger partial charge in [0.2, 0.25) is 5.78 Å². The maximum atomic E-state index is 15.0.